The summed E-state index contributed by atoms with van der Waals surface area (Å²) >= 11 is 0. The minimum atomic E-state index is -3.82. The summed E-state index contributed by atoms with van der Waals surface area (Å²) in [5.41, 5.74) is 0.232. The van der Waals surface area contributed by atoms with Gasteiger partial charge in [0.2, 0.25) is 20.0 Å². The van der Waals surface area contributed by atoms with Gasteiger partial charge in [-0.2, -0.15) is 8.61 Å². The lowest BCUT2D eigenvalue weighted by molar-refractivity contribution is -0.0806. The molecule has 0 aliphatic carbocycles. The molecular formula is C21H25FN2O5S2. The van der Waals surface area contributed by atoms with Crippen LogP contribution >= 0.6 is 0 Å². The molecule has 0 atom stereocenters. The maximum absolute atomic E-state index is 13.4. The molecule has 7 nitrogen and oxygen atoms in total. The van der Waals surface area contributed by atoms with Crippen molar-refractivity contribution in [2.24, 2.45) is 0 Å². The van der Waals surface area contributed by atoms with Crippen LogP contribution in [0.25, 0.3) is 0 Å². The molecule has 0 N–H and O–H groups in total. The van der Waals surface area contributed by atoms with Crippen molar-refractivity contribution in [1.82, 2.24) is 8.61 Å². The molecule has 0 amide bonds. The topological polar surface area (TPSA) is 84.0 Å². The Kier molecular flexibility index (Phi) is 5.72. The average molecular weight is 469 g/mol. The van der Waals surface area contributed by atoms with E-state index in [1.807, 2.05) is 6.92 Å². The van der Waals surface area contributed by atoms with Crippen LogP contribution in [-0.2, 0) is 24.8 Å². The third kappa shape index (κ3) is 3.91. The Bertz CT molecular complexity index is 1190. The van der Waals surface area contributed by atoms with Crippen molar-refractivity contribution in [1.29, 1.82) is 0 Å². The first-order chi connectivity index (χ1) is 14.6. The quantitative estimate of drug-likeness (QED) is 0.689. The molecule has 2 aromatic carbocycles. The van der Waals surface area contributed by atoms with Crippen LogP contribution in [0.5, 0.6) is 0 Å². The highest BCUT2D eigenvalue weighted by atomic mass is 32.2. The fraction of sp³-hybridized carbons (Fsp3) is 0.429. The normalized spacial score (nSPS) is 20.4. The van der Waals surface area contributed by atoms with E-state index < -0.39 is 31.6 Å². The van der Waals surface area contributed by atoms with Crippen molar-refractivity contribution in [3.05, 3.63) is 59.4 Å². The van der Waals surface area contributed by atoms with Crippen LogP contribution in [-0.4, -0.2) is 57.4 Å². The van der Waals surface area contributed by atoms with E-state index in [1.54, 1.807) is 31.2 Å². The molecule has 1 spiro atoms. The van der Waals surface area contributed by atoms with Crippen molar-refractivity contribution in [2.75, 3.05) is 26.2 Å². The number of ether oxygens (including phenoxy) is 1. The summed E-state index contributed by atoms with van der Waals surface area (Å²) in [7, 11) is -7.60. The number of sulfonamides is 2. The van der Waals surface area contributed by atoms with Gasteiger partial charge in [0.1, 0.15) is 11.5 Å². The third-order valence-corrected chi connectivity index (χ3v) is 10.0. The lowest BCUT2D eigenvalue weighted by Crippen LogP contribution is -2.55. The van der Waals surface area contributed by atoms with Gasteiger partial charge in [0.25, 0.3) is 0 Å². The molecule has 0 aromatic heterocycles. The zero-order valence-corrected chi connectivity index (χ0v) is 19.0. The van der Waals surface area contributed by atoms with Gasteiger partial charge in [-0.3, -0.25) is 0 Å². The average Bonchev–Trinajstić information content (AvgIpc) is 3.12. The van der Waals surface area contributed by atoms with E-state index in [4.69, 9.17) is 4.74 Å². The number of hydrogen-bond donors (Lipinski definition) is 0. The highest BCUT2D eigenvalue weighted by Crippen LogP contribution is 2.39. The van der Waals surface area contributed by atoms with Gasteiger partial charge in [-0.15, -0.1) is 0 Å². The first-order valence-electron chi connectivity index (χ1n) is 10.1. The van der Waals surface area contributed by atoms with E-state index in [2.05, 4.69) is 0 Å². The predicted molar refractivity (Wildman–Crippen MR) is 113 cm³/mol. The SMILES string of the molecule is Cc1ccc(S(=O)(=O)N2CCOC23CCN(S(=O)(=O)c2ccc(F)cc2C)CC3)cc1. The molecule has 0 unspecified atom stereocenters. The molecule has 4 rings (SSSR count). The van der Waals surface area contributed by atoms with E-state index in [0.717, 1.165) is 11.6 Å². The van der Waals surface area contributed by atoms with Crippen LogP contribution < -0.4 is 0 Å². The van der Waals surface area contributed by atoms with Crippen LogP contribution in [0.1, 0.15) is 24.0 Å². The monoisotopic (exact) mass is 468 g/mol. The number of benzene rings is 2. The Morgan fingerprint density at radius 1 is 0.903 bits per heavy atom. The summed E-state index contributed by atoms with van der Waals surface area (Å²) in [6.07, 6.45) is 0.440. The molecule has 2 aliphatic heterocycles. The lowest BCUT2D eigenvalue weighted by atomic mass is 10.0. The van der Waals surface area contributed by atoms with Crippen molar-refractivity contribution in [3.8, 4) is 0 Å². The molecule has 10 heteroatoms. The Morgan fingerprint density at radius 3 is 2.16 bits per heavy atom. The van der Waals surface area contributed by atoms with Gasteiger partial charge < -0.3 is 4.74 Å². The number of rotatable bonds is 4. The van der Waals surface area contributed by atoms with Crippen LogP contribution in [0.4, 0.5) is 4.39 Å². The molecule has 2 saturated heterocycles. The summed E-state index contributed by atoms with van der Waals surface area (Å²) in [6.45, 7) is 4.14. The van der Waals surface area contributed by atoms with Gasteiger partial charge in [0.05, 0.1) is 16.4 Å². The summed E-state index contributed by atoms with van der Waals surface area (Å²) in [5, 5.41) is 0. The molecule has 2 aromatic rings. The molecule has 31 heavy (non-hydrogen) atoms. The second-order valence-corrected chi connectivity index (χ2v) is 11.8. The summed E-state index contributed by atoms with van der Waals surface area (Å²) in [4.78, 5) is 0.251. The lowest BCUT2D eigenvalue weighted by Gasteiger charge is -2.42. The number of hydrogen-bond acceptors (Lipinski definition) is 5. The second-order valence-electron chi connectivity index (χ2n) is 8.00. The van der Waals surface area contributed by atoms with E-state index in [0.29, 0.717) is 5.56 Å². The first kappa shape index (κ1) is 22.3. The summed E-state index contributed by atoms with van der Waals surface area (Å²) in [5.74, 6) is -0.495. The van der Waals surface area contributed by atoms with Gasteiger partial charge in [-0.1, -0.05) is 17.7 Å². The smallest absolute Gasteiger partial charge is 0.245 e. The largest absolute Gasteiger partial charge is 0.358 e. The molecule has 2 aliphatic rings. The highest BCUT2D eigenvalue weighted by molar-refractivity contribution is 7.89. The molecule has 2 fully saturated rings. The Balaban J connectivity index is 1.57. The first-order valence-corrected chi connectivity index (χ1v) is 12.9. The Hall–Kier alpha value is -1.85. The third-order valence-electron chi connectivity index (χ3n) is 5.99. The molecule has 0 saturated carbocycles. The minimum absolute atomic E-state index is 0.0568. The van der Waals surface area contributed by atoms with Gasteiger partial charge in [0.15, 0.2) is 0 Å². The highest BCUT2D eigenvalue weighted by Gasteiger charge is 2.51. The van der Waals surface area contributed by atoms with Gasteiger partial charge in [-0.25, -0.2) is 21.2 Å². The molecule has 0 bridgehead atoms. The molecule has 0 radical (unpaired) electrons. The zero-order valence-electron chi connectivity index (χ0n) is 17.4. The van der Waals surface area contributed by atoms with Crippen LogP contribution in [0.15, 0.2) is 52.3 Å². The van der Waals surface area contributed by atoms with E-state index in [-0.39, 0.29) is 48.9 Å². The maximum atomic E-state index is 13.4. The maximum Gasteiger partial charge on any atom is 0.245 e. The number of aryl methyl sites for hydroxylation is 2. The van der Waals surface area contributed by atoms with Crippen LogP contribution in [0.3, 0.4) is 0 Å². The number of halogens is 1. The van der Waals surface area contributed by atoms with Crippen molar-refractivity contribution in [3.63, 3.8) is 0 Å². The molecular weight excluding hydrogens is 443 g/mol. The molecule has 168 valence electrons. The van der Waals surface area contributed by atoms with Gasteiger partial charge >= 0.3 is 0 Å². The van der Waals surface area contributed by atoms with Gasteiger partial charge in [-0.05, 0) is 49.7 Å². The molecule has 2 heterocycles. The van der Waals surface area contributed by atoms with Crippen molar-refractivity contribution >= 4 is 20.0 Å². The Morgan fingerprint density at radius 2 is 1.55 bits per heavy atom. The standard InChI is InChI=1S/C21H25FN2O5S2/c1-16-3-6-19(7-4-16)30(25,26)24-13-14-29-21(24)9-11-23(12-10-21)31(27,28)20-8-5-18(22)15-17(20)2/h3-8,15H,9-14H2,1-2H3. The fourth-order valence-electron chi connectivity index (χ4n) is 4.28. The minimum Gasteiger partial charge on any atom is -0.358 e. The number of nitrogens with zero attached hydrogens (tertiary/aromatic N) is 2. The van der Waals surface area contributed by atoms with E-state index in [9.17, 15) is 21.2 Å². The second kappa shape index (κ2) is 7.93. The summed E-state index contributed by atoms with van der Waals surface area (Å²) < 4.78 is 74.7. The van der Waals surface area contributed by atoms with Crippen molar-refractivity contribution < 1.29 is 26.0 Å². The number of piperidine rings is 1. The predicted octanol–water partition coefficient (Wildman–Crippen LogP) is 2.64. The van der Waals surface area contributed by atoms with Crippen molar-refractivity contribution in [2.45, 2.75) is 42.2 Å². The zero-order chi connectivity index (χ0) is 22.4. The van der Waals surface area contributed by atoms with E-state index in [1.165, 1.54) is 20.7 Å². The van der Waals surface area contributed by atoms with Crippen LogP contribution in [0, 0.1) is 19.7 Å². The fourth-order valence-corrected chi connectivity index (χ4v) is 7.65. The van der Waals surface area contributed by atoms with E-state index >= 15 is 0 Å². The Labute approximate surface area is 182 Å². The summed E-state index contributed by atoms with van der Waals surface area (Å²) in [6, 6.07) is 10.2. The van der Waals surface area contributed by atoms with Gasteiger partial charge in [0, 0.05) is 32.5 Å². The van der Waals surface area contributed by atoms with Crippen LogP contribution in [0.2, 0.25) is 0 Å².